The molecule has 1 rings (SSSR count). The highest BCUT2D eigenvalue weighted by atomic mass is 16.5. The minimum absolute atomic E-state index is 0.312. The van der Waals surface area contributed by atoms with Gasteiger partial charge in [0.05, 0.1) is 19.8 Å². The van der Waals surface area contributed by atoms with Gasteiger partial charge in [-0.25, -0.2) is 0 Å². The number of benzene rings is 1. The van der Waals surface area contributed by atoms with Gasteiger partial charge in [-0.1, -0.05) is 38.1 Å². The van der Waals surface area contributed by atoms with Crippen LogP contribution in [0.25, 0.3) is 0 Å². The zero-order chi connectivity index (χ0) is 13.4. The van der Waals surface area contributed by atoms with E-state index >= 15 is 0 Å². The fourth-order valence-electron chi connectivity index (χ4n) is 1.78. The van der Waals surface area contributed by atoms with Crippen molar-refractivity contribution in [2.24, 2.45) is 5.92 Å². The Labute approximate surface area is 110 Å². The van der Waals surface area contributed by atoms with Gasteiger partial charge < -0.3 is 14.6 Å². The van der Waals surface area contributed by atoms with E-state index in [0.29, 0.717) is 25.7 Å². The summed E-state index contributed by atoms with van der Waals surface area (Å²) in [5.74, 6) is 0.651. The normalized spacial score (nSPS) is 12.9. The Kier molecular flexibility index (Phi) is 6.94. The highest BCUT2D eigenvalue weighted by Gasteiger charge is 2.07. The van der Waals surface area contributed by atoms with E-state index in [2.05, 4.69) is 26.0 Å². The second kappa shape index (κ2) is 8.25. The smallest absolute Gasteiger partial charge is 0.102 e. The van der Waals surface area contributed by atoms with Crippen molar-refractivity contribution in [2.45, 2.75) is 26.4 Å². The van der Waals surface area contributed by atoms with Crippen LogP contribution >= 0.6 is 0 Å². The summed E-state index contributed by atoms with van der Waals surface area (Å²) in [7, 11) is 1.63. The molecule has 1 unspecified atom stereocenters. The molecule has 0 aromatic heterocycles. The van der Waals surface area contributed by atoms with Crippen molar-refractivity contribution in [2.75, 3.05) is 26.9 Å². The van der Waals surface area contributed by atoms with Crippen LogP contribution in [-0.4, -0.2) is 32.0 Å². The molecule has 102 valence electrons. The zero-order valence-electron chi connectivity index (χ0n) is 11.6. The van der Waals surface area contributed by atoms with Crippen LogP contribution < -0.4 is 0 Å². The standard InChI is InChI=1S/C15H24O3/c1-12(2)10-13-4-6-14(7-5-13)15(16)11-18-9-8-17-3/h4-7,12,15-16H,8-11H2,1-3H3. The molecule has 0 heterocycles. The first kappa shape index (κ1) is 15.2. The minimum Gasteiger partial charge on any atom is -0.386 e. The average Bonchev–Trinajstić information content (AvgIpc) is 2.34. The molecule has 0 fully saturated rings. The van der Waals surface area contributed by atoms with Crippen molar-refractivity contribution in [1.82, 2.24) is 0 Å². The molecule has 3 nitrogen and oxygen atoms in total. The summed E-state index contributed by atoms with van der Waals surface area (Å²) in [6, 6.07) is 8.10. The van der Waals surface area contributed by atoms with Crippen LogP contribution in [0.3, 0.4) is 0 Å². The summed E-state index contributed by atoms with van der Waals surface area (Å²) in [5.41, 5.74) is 2.21. The quantitative estimate of drug-likeness (QED) is 0.723. The summed E-state index contributed by atoms with van der Waals surface area (Å²) in [6.07, 6.45) is 0.510. The van der Waals surface area contributed by atoms with Gasteiger partial charge in [0.25, 0.3) is 0 Å². The molecule has 18 heavy (non-hydrogen) atoms. The van der Waals surface area contributed by atoms with Gasteiger partial charge in [-0.15, -0.1) is 0 Å². The van der Waals surface area contributed by atoms with Crippen LogP contribution in [-0.2, 0) is 15.9 Å². The maximum absolute atomic E-state index is 9.93. The van der Waals surface area contributed by atoms with Gasteiger partial charge >= 0.3 is 0 Å². The fourth-order valence-corrected chi connectivity index (χ4v) is 1.78. The van der Waals surface area contributed by atoms with Gasteiger partial charge in [-0.05, 0) is 23.5 Å². The molecule has 0 aliphatic rings. The van der Waals surface area contributed by atoms with Crippen LogP contribution in [0.4, 0.5) is 0 Å². The average molecular weight is 252 g/mol. The van der Waals surface area contributed by atoms with E-state index in [9.17, 15) is 5.11 Å². The first-order valence-corrected chi connectivity index (χ1v) is 6.47. The molecular formula is C15H24O3. The fraction of sp³-hybridized carbons (Fsp3) is 0.600. The van der Waals surface area contributed by atoms with Crippen LogP contribution in [0, 0.1) is 5.92 Å². The molecule has 0 saturated carbocycles. The van der Waals surface area contributed by atoms with Gasteiger partial charge in [-0.2, -0.15) is 0 Å². The Balaban J connectivity index is 2.41. The number of rotatable bonds is 8. The summed E-state index contributed by atoms with van der Waals surface area (Å²) in [4.78, 5) is 0. The summed E-state index contributed by atoms with van der Waals surface area (Å²) in [6.45, 7) is 5.78. The lowest BCUT2D eigenvalue weighted by atomic mass is 10.0. The number of hydrogen-bond donors (Lipinski definition) is 1. The summed E-state index contributed by atoms with van der Waals surface area (Å²) >= 11 is 0. The van der Waals surface area contributed by atoms with E-state index in [1.807, 2.05) is 12.1 Å². The third-order valence-corrected chi connectivity index (χ3v) is 2.72. The predicted octanol–water partition coefficient (Wildman–Crippen LogP) is 2.58. The van der Waals surface area contributed by atoms with E-state index in [4.69, 9.17) is 9.47 Å². The molecular weight excluding hydrogens is 228 g/mol. The molecule has 0 radical (unpaired) electrons. The lowest BCUT2D eigenvalue weighted by Gasteiger charge is -2.12. The van der Waals surface area contributed by atoms with E-state index in [0.717, 1.165) is 12.0 Å². The number of ether oxygens (including phenoxy) is 2. The lowest BCUT2D eigenvalue weighted by Crippen LogP contribution is -2.10. The molecule has 1 aromatic carbocycles. The molecule has 0 saturated heterocycles. The van der Waals surface area contributed by atoms with E-state index < -0.39 is 6.10 Å². The molecule has 0 aliphatic carbocycles. The first-order chi connectivity index (χ1) is 8.63. The molecule has 1 aromatic rings. The zero-order valence-corrected chi connectivity index (χ0v) is 11.6. The van der Waals surface area contributed by atoms with Crippen molar-refractivity contribution < 1.29 is 14.6 Å². The lowest BCUT2D eigenvalue weighted by molar-refractivity contribution is 0.0126. The third-order valence-electron chi connectivity index (χ3n) is 2.72. The number of aliphatic hydroxyl groups excluding tert-OH is 1. The number of methoxy groups -OCH3 is 1. The topological polar surface area (TPSA) is 38.7 Å². The van der Waals surface area contributed by atoms with Crippen molar-refractivity contribution >= 4 is 0 Å². The Morgan fingerprint density at radius 2 is 1.78 bits per heavy atom. The Morgan fingerprint density at radius 3 is 2.33 bits per heavy atom. The van der Waals surface area contributed by atoms with Crippen LogP contribution in [0.1, 0.15) is 31.1 Å². The largest absolute Gasteiger partial charge is 0.386 e. The Hall–Kier alpha value is -0.900. The molecule has 0 bridgehead atoms. The van der Waals surface area contributed by atoms with Crippen LogP contribution in [0.15, 0.2) is 24.3 Å². The first-order valence-electron chi connectivity index (χ1n) is 6.47. The van der Waals surface area contributed by atoms with Gasteiger partial charge in [-0.3, -0.25) is 0 Å². The Morgan fingerprint density at radius 1 is 1.11 bits per heavy atom. The second-order valence-electron chi connectivity index (χ2n) is 4.92. The second-order valence-corrected chi connectivity index (χ2v) is 4.92. The Bertz CT molecular complexity index is 319. The van der Waals surface area contributed by atoms with Gasteiger partial charge in [0, 0.05) is 7.11 Å². The van der Waals surface area contributed by atoms with Crippen molar-refractivity contribution in [3.8, 4) is 0 Å². The molecule has 0 amide bonds. The van der Waals surface area contributed by atoms with E-state index in [-0.39, 0.29) is 0 Å². The number of hydrogen-bond acceptors (Lipinski definition) is 3. The van der Waals surface area contributed by atoms with Gasteiger partial charge in [0.15, 0.2) is 0 Å². The summed E-state index contributed by atoms with van der Waals surface area (Å²) < 4.78 is 10.2. The molecule has 1 atom stereocenters. The van der Waals surface area contributed by atoms with Gasteiger partial charge in [0.2, 0.25) is 0 Å². The van der Waals surface area contributed by atoms with Crippen molar-refractivity contribution in [3.05, 3.63) is 35.4 Å². The van der Waals surface area contributed by atoms with Gasteiger partial charge in [0.1, 0.15) is 6.10 Å². The van der Waals surface area contributed by atoms with E-state index in [1.54, 1.807) is 7.11 Å². The van der Waals surface area contributed by atoms with E-state index in [1.165, 1.54) is 5.56 Å². The van der Waals surface area contributed by atoms with Crippen LogP contribution in [0.2, 0.25) is 0 Å². The summed E-state index contributed by atoms with van der Waals surface area (Å²) in [5, 5.41) is 9.93. The molecule has 1 N–H and O–H groups in total. The number of aliphatic hydroxyl groups is 1. The predicted molar refractivity (Wildman–Crippen MR) is 72.6 cm³/mol. The highest BCUT2D eigenvalue weighted by Crippen LogP contribution is 2.16. The highest BCUT2D eigenvalue weighted by molar-refractivity contribution is 5.24. The minimum atomic E-state index is -0.560. The van der Waals surface area contributed by atoms with Crippen LogP contribution in [0.5, 0.6) is 0 Å². The molecule has 0 aliphatic heterocycles. The molecule has 0 spiro atoms. The maximum Gasteiger partial charge on any atom is 0.102 e. The monoisotopic (exact) mass is 252 g/mol. The molecule has 3 heteroatoms. The van der Waals surface area contributed by atoms with Crippen molar-refractivity contribution in [3.63, 3.8) is 0 Å². The maximum atomic E-state index is 9.93. The SMILES string of the molecule is COCCOCC(O)c1ccc(CC(C)C)cc1. The third kappa shape index (κ3) is 5.63. The van der Waals surface area contributed by atoms with Crippen molar-refractivity contribution in [1.29, 1.82) is 0 Å².